The minimum absolute atomic E-state index is 0. The molecule has 0 spiro atoms. The van der Waals surface area contributed by atoms with Crippen molar-refractivity contribution in [3.05, 3.63) is 93.5 Å². The van der Waals surface area contributed by atoms with Gasteiger partial charge in [-0.15, -0.1) is 0 Å². The van der Waals surface area contributed by atoms with Crippen LogP contribution >= 0.6 is 0 Å². The van der Waals surface area contributed by atoms with Crippen molar-refractivity contribution in [1.29, 1.82) is 0 Å². The van der Waals surface area contributed by atoms with Gasteiger partial charge in [0.05, 0.1) is 51.4 Å². The molecule has 3 aromatic rings. The summed E-state index contributed by atoms with van der Waals surface area (Å²) in [6.45, 7) is 26.2. The van der Waals surface area contributed by atoms with E-state index in [0.29, 0.717) is 11.5 Å². The summed E-state index contributed by atoms with van der Waals surface area (Å²) in [5, 5.41) is 38.6. The van der Waals surface area contributed by atoms with Crippen molar-refractivity contribution in [2.24, 2.45) is 9.98 Å². The number of benzene rings is 3. The Hall–Kier alpha value is -4.66. The third-order valence-corrected chi connectivity index (χ3v) is 12.4. The van der Waals surface area contributed by atoms with Gasteiger partial charge >= 0.3 is 17.9 Å². The molecule has 2 aliphatic heterocycles. The van der Waals surface area contributed by atoms with Crippen LogP contribution in [0.25, 0.3) is 0 Å². The number of carbonyl (C=O) groups is 2. The van der Waals surface area contributed by atoms with Gasteiger partial charge in [-0.1, -0.05) is 118 Å². The fourth-order valence-corrected chi connectivity index (χ4v) is 8.76. The molecule has 0 amide bonds. The normalized spacial score (nSPS) is 18.4. The summed E-state index contributed by atoms with van der Waals surface area (Å²) in [5.74, 6) is -0.558. The van der Waals surface area contributed by atoms with Crippen molar-refractivity contribution >= 4 is 30.3 Å². The third kappa shape index (κ3) is 14.4. The number of aryl methyl sites for hydroxylation is 1. The number of aliphatic imine (C=N–C) groups is 2. The fourth-order valence-electron chi connectivity index (χ4n) is 8.76. The first-order valence-corrected chi connectivity index (χ1v) is 23.0. The molecular weight excluding hydrogens is 843 g/mol. The molecule has 3 aromatic carbocycles. The number of carboxylic acids is 2. The molecule has 1 saturated carbocycles. The number of nitrogens with zero attached hydrogens (tertiary/aromatic N) is 5. The molecule has 1 aliphatic carbocycles. The second-order valence-corrected chi connectivity index (χ2v) is 20.7. The first-order chi connectivity index (χ1) is 29.6. The molecule has 2 heterocycles. The maximum absolute atomic E-state index is 11.8. The van der Waals surface area contributed by atoms with Crippen LogP contribution in [0.15, 0.2) is 64.6 Å². The predicted octanol–water partition coefficient (Wildman–Crippen LogP) is 9.30. The smallest absolute Gasteiger partial charge is 0.350 e. The van der Waals surface area contributed by atoms with Crippen molar-refractivity contribution in [1.82, 2.24) is 9.80 Å². The van der Waals surface area contributed by atoms with Crippen molar-refractivity contribution < 1.29 is 52.0 Å². The van der Waals surface area contributed by atoms with E-state index >= 15 is 0 Å². The first kappa shape index (κ1) is 52.0. The summed E-state index contributed by atoms with van der Waals surface area (Å²) in [6, 6.07) is 19.5. The van der Waals surface area contributed by atoms with Gasteiger partial charge in [0, 0.05) is 59.3 Å². The Balaban J connectivity index is 0.00000104. The van der Waals surface area contributed by atoms with E-state index in [2.05, 4.69) is 131 Å². The van der Waals surface area contributed by atoms with Gasteiger partial charge in [-0.05, 0) is 76.3 Å². The predicted molar refractivity (Wildman–Crippen MR) is 254 cm³/mol. The summed E-state index contributed by atoms with van der Waals surface area (Å²) in [6.07, 6.45) is 11.3. The molecule has 0 bridgehead atoms. The standard InChI is InChI=1S/C49H69N5O2.C3H4O4.Cr/c1-47(2,3)39-28-36(20-15-23-52-24-16-25-53-26-17-27-54(46(52)53)34-35-18-11-10-12-19-35)44(55)37(29-39)32-50-42-21-13-14-22-43(42)51-33-38-30-40(48(4,5)6)31-41(45(38)56)49(7,8)9;4-2(5)1-3(6)7;/h10-12,18-19,28-33,42-43H,13-17,20-27,34H2,1-9H3,(H-,50,51,55,56);1H2,(H,4,5)(H,6,7);/p+1. The zero-order valence-electron chi connectivity index (χ0n) is 39.9. The van der Waals surface area contributed by atoms with Gasteiger partial charge in [0.25, 0.3) is 0 Å². The average Bonchev–Trinajstić information content (AvgIpc) is 3.20. The molecule has 2 atom stereocenters. The number of phenolic OH excluding ortho intramolecular Hbond substituents is 2. The second kappa shape index (κ2) is 22.5. The number of carboxylic acid groups (broad SMARTS) is 2. The van der Waals surface area contributed by atoms with E-state index in [0.717, 1.165) is 100 Å². The Bertz CT molecular complexity index is 2130. The van der Waals surface area contributed by atoms with Crippen LogP contribution in [-0.4, -0.2) is 110 Å². The van der Waals surface area contributed by atoms with E-state index in [1.807, 2.05) is 12.4 Å². The van der Waals surface area contributed by atoms with Crippen LogP contribution in [0.4, 0.5) is 0 Å². The molecule has 0 saturated heterocycles. The van der Waals surface area contributed by atoms with Gasteiger partial charge in [-0.25, -0.2) is 0 Å². The summed E-state index contributed by atoms with van der Waals surface area (Å²) in [4.78, 5) is 34.3. The summed E-state index contributed by atoms with van der Waals surface area (Å²) >= 11 is 0. The number of guanidine groups is 1. The number of aliphatic carboxylic acids is 2. The van der Waals surface area contributed by atoms with Gasteiger partial charge in [0.15, 0.2) is 0 Å². The number of rotatable bonds is 12. The van der Waals surface area contributed by atoms with Crippen molar-refractivity contribution in [3.8, 4) is 11.5 Å². The molecule has 1 fully saturated rings. The van der Waals surface area contributed by atoms with E-state index in [1.54, 1.807) is 0 Å². The Morgan fingerprint density at radius 1 is 0.703 bits per heavy atom. The van der Waals surface area contributed by atoms with Crippen LogP contribution in [0.1, 0.15) is 153 Å². The monoisotopic (exact) mass is 917 g/mol. The van der Waals surface area contributed by atoms with Crippen molar-refractivity contribution in [3.63, 3.8) is 0 Å². The van der Waals surface area contributed by atoms with Gasteiger partial charge in [-0.3, -0.25) is 33.9 Å². The number of hydrogen-bond acceptors (Lipinski definition) is 8. The van der Waals surface area contributed by atoms with Crippen LogP contribution in [0.3, 0.4) is 0 Å². The number of hydrogen-bond donors (Lipinski definition) is 4. The minimum atomic E-state index is -1.31. The van der Waals surface area contributed by atoms with Crippen LogP contribution in [0.2, 0.25) is 0 Å². The maximum Gasteiger partial charge on any atom is 0.350 e. The van der Waals surface area contributed by atoms with Gasteiger partial charge < -0.3 is 20.4 Å². The van der Waals surface area contributed by atoms with Crippen molar-refractivity contribution in [2.75, 3.05) is 32.7 Å². The first-order valence-electron chi connectivity index (χ1n) is 23.0. The Morgan fingerprint density at radius 2 is 1.22 bits per heavy atom. The number of phenols is 2. The zero-order chi connectivity index (χ0) is 46.1. The van der Waals surface area contributed by atoms with E-state index in [4.69, 9.17) is 20.2 Å². The van der Waals surface area contributed by atoms with E-state index < -0.39 is 18.4 Å². The molecule has 3 aliphatic rings. The molecule has 11 nitrogen and oxygen atoms in total. The quantitative estimate of drug-likeness (QED) is 0.0799. The Labute approximate surface area is 393 Å². The van der Waals surface area contributed by atoms with Crippen LogP contribution in [0, 0.1) is 0 Å². The van der Waals surface area contributed by atoms with E-state index in [-0.39, 0.29) is 45.7 Å². The van der Waals surface area contributed by atoms with E-state index in [9.17, 15) is 19.8 Å². The molecule has 64 heavy (non-hydrogen) atoms. The fraction of sp³-hybridized carbons (Fsp3) is 0.558. The molecular formula is C52H74CrN5O6+. The van der Waals surface area contributed by atoms with Crippen LogP contribution < -0.4 is 0 Å². The molecule has 6 rings (SSSR count). The molecule has 0 radical (unpaired) electrons. The van der Waals surface area contributed by atoms with Crippen LogP contribution in [-0.2, 0) is 56.2 Å². The Morgan fingerprint density at radius 3 is 1.72 bits per heavy atom. The van der Waals surface area contributed by atoms with Crippen molar-refractivity contribution in [2.45, 2.75) is 155 Å². The topological polar surface area (TPSA) is 149 Å². The molecule has 2 unspecified atom stereocenters. The summed E-state index contributed by atoms with van der Waals surface area (Å²) < 4.78 is 2.60. The second-order valence-electron chi connectivity index (χ2n) is 20.7. The van der Waals surface area contributed by atoms with Gasteiger partial charge in [0.1, 0.15) is 17.9 Å². The SMILES string of the molecule is CC(C)(C)c1cc(C=NC2CCCCC2N=Cc2cc(C(C)(C)C)cc(C(C)(C)C)c2O)c(O)c(CCCN2CCC[N+]3=C2N(Cc2ccccc2)CCC3)c1.O=C(O)CC(=O)O.[Cr]. The van der Waals surface area contributed by atoms with Gasteiger partial charge in [-0.2, -0.15) is 0 Å². The zero-order valence-corrected chi connectivity index (χ0v) is 41.1. The minimum Gasteiger partial charge on any atom is -0.507 e. The molecule has 348 valence electrons. The number of aromatic hydroxyl groups is 2. The molecule has 0 aromatic heterocycles. The third-order valence-electron chi connectivity index (χ3n) is 12.4. The molecule has 4 N–H and O–H groups in total. The largest absolute Gasteiger partial charge is 0.507 e. The Kier molecular flexibility index (Phi) is 18.3. The summed E-state index contributed by atoms with van der Waals surface area (Å²) in [7, 11) is 0. The van der Waals surface area contributed by atoms with E-state index in [1.165, 1.54) is 35.5 Å². The average molecular weight is 917 g/mol. The van der Waals surface area contributed by atoms with Crippen LogP contribution in [0.5, 0.6) is 11.5 Å². The summed E-state index contributed by atoms with van der Waals surface area (Å²) in [5.41, 5.74) is 6.98. The van der Waals surface area contributed by atoms with Gasteiger partial charge in [0.2, 0.25) is 0 Å². The maximum atomic E-state index is 11.8. The molecule has 12 heteroatoms.